The van der Waals surface area contributed by atoms with Gasteiger partial charge in [0.25, 0.3) is 5.56 Å². The van der Waals surface area contributed by atoms with Crippen LogP contribution in [0.5, 0.6) is 11.5 Å². The van der Waals surface area contributed by atoms with Crippen LogP contribution in [0.4, 0.5) is 0 Å². The molecule has 2 aromatic heterocycles. The summed E-state index contributed by atoms with van der Waals surface area (Å²) in [5, 5.41) is 2.77. The second-order valence-corrected chi connectivity index (χ2v) is 12.6. The molecular formula is C34H27ClN2O3S2. The maximum Gasteiger partial charge on any atom is 0.271 e. The van der Waals surface area contributed by atoms with Crippen LogP contribution in [-0.4, -0.2) is 11.2 Å². The Bertz CT molecular complexity index is 1990. The van der Waals surface area contributed by atoms with Crippen LogP contribution in [-0.2, 0) is 13.0 Å². The summed E-state index contributed by atoms with van der Waals surface area (Å²) in [6.07, 6.45) is 3.76. The molecule has 3 heterocycles. The number of halogens is 1. The number of thiazole rings is 1. The van der Waals surface area contributed by atoms with Gasteiger partial charge in [0, 0.05) is 15.5 Å². The lowest BCUT2D eigenvalue weighted by Gasteiger charge is -2.30. The zero-order valence-corrected chi connectivity index (χ0v) is 25.3. The summed E-state index contributed by atoms with van der Waals surface area (Å²) in [6.45, 7) is 2.83. The quantitative estimate of drug-likeness (QED) is 0.199. The first-order valence-electron chi connectivity index (χ1n) is 13.9. The molecule has 8 heteroatoms. The molecule has 0 spiro atoms. The van der Waals surface area contributed by atoms with Crippen molar-refractivity contribution in [3.8, 4) is 11.5 Å². The molecule has 5 aromatic rings. The van der Waals surface area contributed by atoms with Crippen LogP contribution >= 0.6 is 34.3 Å². The zero-order chi connectivity index (χ0) is 28.6. The Kier molecular flexibility index (Phi) is 7.32. The Hall–Kier alpha value is -3.91. The Labute approximate surface area is 256 Å². The average Bonchev–Trinajstić information content (AvgIpc) is 3.65. The van der Waals surface area contributed by atoms with Gasteiger partial charge in [-0.05, 0) is 83.8 Å². The minimum atomic E-state index is -0.144. The van der Waals surface area contributed by atoms with Crippen molar-refractivity contribution in [1.82, 2.24) is 4.57 Å². The molecule has 0 amide bonds. The van der Waals surface area contributed by atoms with Crippen LogP contribution in [0.1, 0.15) is 46.5 Å². The summed E-state index contributed by atoms with van der Waals surface area (Å²) in [5.41, 5.74) is 6.57. The van der Waals surface area contributed by atoms with E-state index >= 15 is 0 Å². The number of rotatable bonds is 7. The highest BCUT2D eigenvalue weighted by Gasteiger charge is 2.33. The SMILES string of the molecule is CCOc1cc(/C=c2/sc3n(c2=O)[C@H](c2cccs2)C2=C(N=3)c3ccccc3CC2)ccc1OCc1ccc(Cl)cc1. The fourth-order valence-electron chi connectivity index (χ4n) is 5.61. The van der Waals surface area contributed by atoms with Gasteiger partial charge in [-0.2, -0.15) is 0 Å². The Morgan fingerprint density at radius 2 is 1.86 bits per heavy atom. The molecule has 0 bridgehead atoms. The van der Waals surface area contributed by atoms with E-state index in [2.05, 4.69) is 41.8 Å². The molecule has 1 aliphatic carbocycles. The molecule has 7 rings (SSSR count). The highest BCUT2D eigenvalue weighted by atomic mass is 35.5. The number of aryl methyl sites for hydroxylation is 1. The van der Waals surface area contributed by atoms with E-state index in [1.165, 1.54) is 28.0 Å². The highest BCUT2D eigenvalue weighted by Crippen LogP contribution is 2.42. The van der Waals surface area contributed by atoms with Crippen molar-refractivity contribution in [2.45, 2.75) is 32.4 Å². The van der Waals surface area contributed by atoms with Crippen molar-refractivity contribution in [2.24, 2.45) is 4.99 Å². The fourth-order valence-corrected chi connectivity index (χ4v) is 7.59. The van der Waals surface area contributed by atoms with Crippen molar-refractivity contribution in [1.29, 1.82) is 0 Å². The fraction of sp³-hybridized carbons (Fsp3) is 0.176. The van der Waals surface area contributed by atoms with E-state index in [-0.39, 0.29) is 11.6 Å². The van der Waals surface area contributed by atoms with Crippen LogP contribution in [0.2, 0.25) is 5.02 Å². The molecule has 0 fully saturated rings. The molecule has 210 valence electrons. The first kappa shape index (κ1) is 27.0. The molecule has 0 unspecified atom stereocenters. The summed E-state index contributed by atoms with van der Waals surface area (Å²) in [7, 11) is 0. The van der Waals surface area contributed by atoms with Crippen LogP contribution < -0.4 is 24.4 Å². The van der Waals surface area contributed by atoms with Gasteiger partial charge in [0.1, 0.15) is 6.61 Å². The third-order valence-corrected chi connectivity index (χ3v) is 9.72. The lowest BCUT2D eigenvalue weighted by molar-refractivity contribution is 0.269. The topological polar surface area (TPSA) is 52.8 Å². The van der Waals surface area contributed by atoms with E-state index in [1.807, 2.05) is 60.0 Å². The predicted octanol–water partition coefficient (Wildman–Crippen LogP) is 7.01. The number of allylic oxidation sites excluding steroid dienone is 1. The molecule has 3 aromatic carbocycles. The lowest BCUT2D eigenvalue weighted by atomic mass is 9.85. The van der Waals surface area contributed by atoms with E-state index in [0.717, 1.165) is 39.3 Å². The summed E-state index contributed by atoms with van der Waals surface area (Å²) in [5.74, 6) is 1.28. The Balaban J connectivity index is 1.29. The van der Waals surface area contributed by atoms with Gasteiger partial charge in [0.2, 0.25) is 0 Å². The van der Waals surface area contributed by atoms with Gasteiger partial charge in [-0.25, -0.2) is 4.99 Å². The van der Waals surface area contributed by atoms with Gasteiger partial charge in [0.15, 0.2) is 16.3 Å². The third-order valence-electron chi connectivity index (χ3n) is 7.56. The monoisotopic (exact) mass is 610 g/mol. The van der Waals surface area contributed by atoms with Gasteiger partial charge < -0.3 is 9.47 Å². The normalized spacial score (nSPS) is 16.0. The minimum absolute atomic E-state index is 0.0245. The number of fused-ring (bicyclic) bond motifs is 3. The van der Waals surface area contributed by atoms with Gasteiger partial charge in [-0.3, -0.25) is 9.36 Å². The smallest absolute Gasteiger partial charge is 0.271 e. The standard InChI is InChI=1S/C34H27ClN2O3S2/c1-2-39-28-18-22(11-16-27(28)40-20-21-9-13-24(35)14-10-21)19-30-33(38)37-32(29-8-5-17-41-29)26-15-12-23-6-3-4-7-25(23)31(26)36-34(37)42-30/h3-11,13-14,16-19,32H,2,12,15,20H2,1H3/b30-19+/t32-/m0/s1. The molecule has 0 saturated carbocycles. The van der Waals surface area contributed by atoms with Gasteiger partial charge >= 0.3 is 0 Å². The van der Waals surface area contributed by atoms with Crippen molar-refractivity contribution in [2.75, 3.05) is 6.61 Å². The molecule has 0 radical (unpaired) electrons. The van der Waals surface area contributed by atoms with E-state index in [1.54, 1.807) is 11.3 Å². The highest BCUT2D eigenvalue weighted by molar-refractivity contribution is 7.10. The summed E-state index contributed by atoms with van der Waals surface area (Å²) < 4.78 is 14.5. The van der Waals surface area contributed by atoms with E-state index in [0.29, 0.717) is 34.3 Å². The maximum atomic E-state index is 14.0. The van der Waals surface area contributed by atoms with Crippen LogP contribution in [0.25, 0.3) is 11.8 Å². The van der Waals surface area contributed by atoms with Crippen molar-refractivity contribution >= 4 is 46.0 Å². The Morgan fingerprint density at radius 3 is 2.67 bits per heavy atom. The Morgan fingerprint density at radius 1 is 1.00 bits per heavy atom. The number of thiophene rings is 1. The lowest BCUT2D eigenvalue weighted by Crippen LogP contribution is -2.38. The number of nitrogens with zero attached hydrogens (tertiary/aromatic N) is 2. The first-order chi connectivity index (χ1) is 20.6. The molecule has 1 atom stereocenters. The number of aromatic nitrogens is 1. The van der Waals surface area contributed by atoms with E-state index in [4.69, 9.17) is 26.1 Å². The van der Waals surface area contributed by atoms with Crippen molar-refractivity contribution < 1.29 is 9.47 Å². The average molecular weight is 611 g/mol. The number of ether oxygens (including phenoxy) is 2. The van der Waals surface area contributed by atoms with Crippen LogP contribution in [0, 0.1) is 0 Å². The van der Waals surface area contributed by atoms with Crippen LogP contribution in [0.15, 0.2) is 99.6 Å². The molecule has 1 aliphatic heterocycles. The minimum Gasteiger partial charge on any atom is -0.490 e. The summed E-state index contributed by atoms with van der Waals surface area (Å²) in [4.78, 5) is 21.0. The summed E-state index contributed by atoms with van der Waals surface area (Å²) in [6, 6.07) is 25.9. The van der Waals surface area contributed by atoms with Crippen molar-refractivity contribution in [3.63, 3.8) is 0 Å². The van der Waals surface area contributed by atoms with Gasteiger partial charge in [-0.15, -0.1) is 11.3 Å². The van der Waals surface area contributed by atoms with Gasteiger partial charge in [-0.1, -0.05) is 71.5 Å². The molecule has 0 N–H and O–H groups in total. The van der Waals surface area contributed by atoms with Crippen molar-refractivity contribution in [3.05, 3.63) is 142 Å². The second kappa shape index (κ2) is 11.4. The largest absolute Gasteiger partial charge is 0.490 e. The molecule has 42 heavy (non-hydrogen) atoms. The molecule has 5 nitrogen and oxygen atoms in total. The first-order valence-corrected chi connectivity index (χ1v) is 16.0. The molecule has 0 saturated heterocycles. The number of benzene rings is 3. The zero-order valence-electron chi connectivity index (χ0n) is 22.9. The van der Waals surface area contributed by atoms with E-state index in [9.17, 15) is 4.79 Å². The number of hydrogen-bond acceptors (Lipinski definition) is 6. The third kappa shape index (κ3) is 5.02. The van der Waals surface area contributed by atoms with Gasteiger partial charge in [0.05, 0.1) is 22.9 Å². The predicted molar refractivity (Wildman–Crippen MR) is 170 cm³/mol. The number of hydrogen-bond donors (Lipinski definition) is 0. The second-order valence-electron chi connectivity index (χ2n) is 10.2. The molecular weight excluding hydrogens is 584 g/mol. The van der Waals surface area contributed by atoms with Crippen LogP contribution in [0.3, 0.4) is 0 Å². The maximum absolute atomic E-state index is 14.0. The van der Waals surface area contributed by atoms with E-state index < -0.39 is 0 Å². The molecule has 2 aliphatic rings. The summed E-state index contributed by atoms with van der Waals surface area (Å²) >= 11 is 9.14.